The summed E-state index contributed by atoms with van der Waals surface area (Å²) >= 11 is 1.71. The Hall–Kier alpha value is -1.73. The number of thiophene rings is 1. The standard InChI is InChI=1S/C20H26N4O2S/c25-18-17-14-6-1-2-7-15(14)27-19(17)22-16(21-18)12-23-8-10-24(11-9-23)20(26)13-4-3-5-13/h13H,1-12H2,(H,21,22,25)/p+1. The van der Waals surface area contributed by atoms with E-state index in [0.717, 1.165) is 74.4 Å². The van der Waals surface area contributed by atoms with E-state index in [-0.39, 0.29) is 11.5 Å². The van der Waals surface area contributed by atoms with Crippen LogP contribution in [-0.2, 0) is 24.2 Å². The van der Waals surface area contributed by atoms with Gasteiger partial charge in [-0.05, 0) is 44.1 Å². The summed E-state index contributed by atoms with van der Waals surface area (Å²) in [6.45, 7) is 4.25. The van der Waals surface area contributed by atoms with Crippen LogP contribution in [0, 0.1) is 5.92 Å². The lowest BCUT2D eigenvalue weighted by atomic mass is 9.84. The molecular formula is C20H27N4O2S+. The summed E-state index contributed by atoms with van der Waals surface area (Å²) < 4.78 is 0. The number of carbonyl (C=O) groups is 1. The molecule has 2 aromatic rings. The normalized spacial score (nSPS) is 21.3. The van der Waals surface area contributed by atoms with Crippen LogP contribution in [-0.4, -0.2) is 47.0 Å². The number of carbonyl (C=O) groups excluding carboxylic acids is 1. The number of nitrogens with one attached hydrogen (secondary N) is 2. The molecule has 0 radical (unpaired) electrons. The molecule has 3 aliphatic rings. The Morgan fingerprint density at radius 3 is 2.70 bits per heavy atom. The molecule has 1 saturated heterocycles. The number of hydrogen-bond donors (Lipinski definition) is 2. The first-order valence-corrected chi connectivity index (χ1v) is 11.2. The second kappa shape index (κ2) is 7.02. The van der Waals surface area contributed by atoms with Crippen molar-refractivity contribution in [2.24, 2.45) is 5.92 Å². The van der Waals surface area contributed by atoms with E-state index in [0.29, 0.717) is 5.91 Å². The van der Waals surface area contributed by atoms with Crippen molar-refractivity contribution in [3.63, 3.8) is 0 Å². The van der Waals surface area contributed by atoms with Crippen molar-refractivity contribution in [2.75, 3.05) is 26.2 Å². The molecular weight excluding hydrogens is 360 g/mol. The third-order valence-electron chi connectivity index (χ3n) is 6.53. The van der Waals surface area contributed by atoms with Gasteiger partial charge in [0.15, 0.2) is 5.82 Å². The zero-order valence-electron chi connectivity index (χ0n) is 15.7. The summed E-state index contributed by atoms with van der Waals surface area (Å²) in [6, 6.07) is 0. The SMILES string of the molecule is O=C(C1CCC1)N1CC[NH+](Cc2nc3sc4c(c3c(=O)[nH]2)CCCC4)CC1. The Bertz CT molecular complexity index is 922. The summed E-state index contributed by atoms with van der Waals surface area (Å²) in [5, 5.41) is 0.837. The summed E-state index contributed by atoms with van der Waals surface area (Å²) in [5.74, 6) is 1.44. The van der Waals surface area contributed by atoms with Crippen molar-refractivity contribution in [2.45, 2.75) is 51.5 Å². The highest BCUT2D eigenvalue weighted by molar-refractivity contribution is 7.18. The molecule has 0 atom stereocenters. The number of H-pyrrole nitrogens is 1. The molecule has 5 rings (SSSR count). The Morgan fingerprint density at radius 2 is 1.96 bits per heavy atom. The monoisotopic (exact) mass is 387 g/mol. The number of rotatable bonds is 3. The van der Waals surface area contributed by atoms with Gasteiger partial charge in [-0.25, -0.2) is 4.98 Å². The van der Waals surface area contributed by atoms with E-state index >= 15 is 0 Å². The van der Waals surface area contributed by atoms with Gasteiger partial charge in [0.05, 0.1) is 31.6 Å². The van der Waals surface area contributed by atoms with Gasteiger partial charge in [0.2, 0.25) is 5.91 Å². The molecule has 3 heterocycles. The fourth-order valence-corrected chi connectivity index (χ4v) is 5.94. The van der Waals surface area contributed by atoms with E-state index in [1.54, 1.807) is 11.3 Å². The largest absolute Gasteiger partial charge is 0.331 e. The van der Waals surface area contributed by atoms with E-state index in [2.05, 4.69) is 4.98 Å². The Kier molecular flexibility index (Phi) is 4.52. The summed E-state index contributed by atoms with van der Waals surface area (Å²) in [6.07, 6.45) is 7.85. The number of amides is 1. The van der Waals surface area contributed by atoms with Crippen molar-refractivity contribution in [1.29, 1.82) is 0 Å². The van der Waals surface area contributed by atoms with Crippen molar-refractivity contribution >= 4 is 27.5 Å². The Balaban J connectivity index is 1.28. The average Bonchev–Trinajstić information content (AvgIpc) is 2.99. The first kappa shape index (κ1) is 17.4. The quantitative estimate of drug-likeness (QED) is 0.822. The zero-order chi connectivity index (χ0) is 18.4. The molecule has 2 N–H and O–H groups in total. The molecule has 0 aromatic carbocycles. The van der Waals surface area contributed by atoms with E-state index in [4.69, 9.17) is 4.98 Å². The number of aryl methyl sites for hydroxylation is 2. The summed E-state index contributed by atoms with van der Waals surface area (Å²) in [7, 11) is 0. The highest BCUT2D eigenvalue weighted by atomic mass is 32.1. The number of aromatic amines is 1. The molecule has 1 saturated carbocycles. The van der Waals surface area contributed by atoms with Crippen LogP contribution in [0.1, 0.15) is 48.4 Å². The van der Waals surface area contributed by atoms with Crippen LogP contribution in [0.4, 0.5) is 0 Å². The molecule has 27 heavy (non-hydrogen) atoms. The molecule has 2 fully saturated rings. The van der Waals surface area contributed by atoms with Crippen molar-refractivity contribution in [3.05, 3.63) is 26.6 Å². The molecule has 144 valence electrons. The van der Waals surface area contributed by atoms with Gasteiger partial charge < -0.3 is 14.8 Å². The molecule has 0 bridgehead atoms. The fourth-order valence-electron chi connectivity index (χ4n) is 4.66. The highest BCUT2D eigenvalue weighted by Gasteiger charge is 2.32. The maximum Gasteiger partial charge on any atom is 0.260 e. The fraction of sp³-hybridized carbons (Fsp3) is 0.650. The number of piperazine rings is 1. The number of fused-ring (bicyclic) bond motifs is 3. The van der Waals surface area contributed by atoms with Crippen molar-refractivity contribution < 1.29 is 9.69 Å². The number of nitrogens with zero attached hydrogens (tertiary/aromatic N) is 2. The minimum absolute atomic E-state index is 0.0348. The smallest absolute Gasteiger partial charge is 0.260 e. The molecule has 7 heteroatoms. The molecule has 6 nitrogen and oxygen atoms in total. The molecule has 0 unspecified atom stereocenters. The zero-order valence-corrected chi connectivity index (χ0v) is 16.5. The van der Waals surface area contributed by atoms with Gasteiger partial charge in [0.1, 0.15) is 11.4 Å². The third-order valence-corrected chi connectivity index (χ3v) is 7.71. The first-order valence-electron chi connectivity index (χ1n) is 10.3. The first-order chi connectivity index (χ1) is 13.2. The van der Waals surface area contributed by atoms with Crippen LogP contribution in [0.2, 0.25) is 0 Å². The van der Waals surface area contributed by atoms with Gasteiger partial charge >= 0.3 is 0 Å². The predicted octanol–water partition coefficient (Wildman–Crippen LogP) is 0.891. The minimum atomic E-state index is 0.0348. The lowest BCUT2D eigenvalue weighted by molar-refractivity contribution is -0.918. The molecule has 2 aromatic heterocycles. The average molecular weight is 388 g/mol. The molecule has 1 amide bonds. The third kappa shape index (κ3) is 3.21. The van der Waals surface area contributed by atoms with Gasteiger partial charge in [0.25, 0.3) is 5.56 Å². The van der Waals surface area contributed by atoms with Crippen LogP contribution in [0.5, 0.6) is 0 Å². The van der Waals surface area contributed by atoms with E-state index in [1.165, 1.54) is 34.6 Å². The lowest BCUT2D eigenvalue weighted by Gasteiger charge is -2.36. The topological polar surface area (TPSA) is 70.5 Å². The number of aromatic nitrogens is 2. The Labute approximate surface area is 162 Å². The van der Waals surface area contributed by atoms with E-state index in [9.17, 15) is 9.59 Å². The van der Waals surface area contributed by atoms with Crippen LogP contribution < -0.4 is 10.5 Å². The van der Waals surface area contributed by atoms with Crippen molar-refractivity contribution in [1.82, 2.24) is 14.9 Å². The van der Waals surface area contributed by atoms with E-state index in [1.807, 2.05) is 4.90 Å². The van der Waals surface area contributed by atoms with Crippen LogP contribution >= 0.6 is 11.3 Å². The molecule has 2 aliphatic carbocycles. The maximum absolute atomic E-state index is 12.7. The minimum Gasteiger partial charge on any atom is -0.331 e. The molecule has 1 aliphatic heterocycles. The summed E-state index contributed by atoms with van der Waals surface area (Å²) in [4.78, 5) is 38.6. The maximum atomic E-state index is 12.7. The van der Waals surface area contributed by atoms with Gasteiger partial charge in [0, 0.05) is 10.8 Å². The summed E-state index contributed by atoms with van der Waals surface area (Å²) in [5.41, 5.74) is 1.28. The van der Waals surface area contributed by atoms with Gasteiger partial charge in [-0.2, -0.15) is 0 Å². The van der Waals surface area contributed by atoms with Crippen LogP contribution in [0.3, 0.4) is 0 Å². The van der Waals surface area contributed by atoms with E-state index < -0.39 is 0 Å². The molecule has 0 spiro atoms. The van der Waals surface area contributed by atoms with Crippen molar-refractivity contribution in [3.8, 4) is 0 Å². The highest BCUT2D eigenvalue weighted by Crippen LogP contribution is 2.33. The van der Waals surface area contributed by atoms with Gasteiger partial charge in [-0.1, -0.05) is 6.42 Å². The Morgan fingerprint density at radius 1 is 1.19 bits per heavy atom. The second-order valence-electron chi connectivity index (χ2n) is 8.28. The predicted molar refractivity (Wildman–Crippen MR) is 105 cm³/mol. The van der Waals surface area contributed by atoms with Gasteiger partial charge in [-0.15, -0.1) is 11.3 Å². The second-order valence-corrected chi connectivity index (χ2v) is 9.37. The number of hydrogen-bond acceptors (Lipinski definition) is 4. The van der Waals surface area contributed by atoms with Crippen LogP contribution in [0.15, 0.2) is 4.79 Å². The lowest BCUT2D eigenvalue weighted by Crippen LogP contribution is -3.13. The van der Waals surface area contributed by atoms with Gasteiger partial charge in [-0.3, -0.25) is 9.59 Å². The van der Waals surface area contributed by atoms with Crippen LogP contribution in [0.25, 0.3) is 10.2 Å². The number of quaternary nitrogens is 1.